The molecule has 5 nitrogen and oxygen atoms in total. The van der Waals surface area contributed by atoms with Crippen LogP contribution in [0.3, 0.4) is 0 Å². The number of carbonyl (C=O) groups is 1. The van der Waals surface area contributed by atoms with Gasteiger partial charge in [-0.2, -0.15) is 0 Å². The molecule has 0 aliphatic rings. The van der Waals surface area contributed by atoms with Crippen molar-refractivity contribution in [3.8, 4) is 0 Å². The predicted octanol–water partition coefficient (Wildman–Crippen LogP) is 1.48. The maximum absolute atomic E-state index is 12.4. The summed E-state index contributed by atoms with van der Waals surface area (Å²) in [6.45, 7) is 6.34. The molecule has 0 aliphatic heterocycles. The molecule has 0 saturated heterocycles. The number of carbonyl (C=O) groups excluding carboxylic acids is 1. The SMILES string of the molecule is Cc1nc2ccccc2c(=O)n1CCNC(=O)C(C)C. The van der Waals surface area contributed by atoms with Crippen molar-refractivity contribution in [3.63, 3.8) is 0 Å². The molecule has 0 saturated carbocycles. The first-order valence-corrected chi connectivity index (χ1v) is 6.74. The van der Waals surface area contributed by atoms with Gasteiger partial charge in [0.1, 0.15) is 5.82 Å². The maximum atomic E-state index is 12.4. The number of benzene rings is 1. The zero-order valence-corrected chi connectivity index (χ0v) is 12.0. The summed E-state index contributed by atoms with van der Waals surface area (Å²) in [5.74, 6) is 0.597. The van der Waals surface area contributed by atoms with Gasteiger partial charge in [0.05, 0.1) is 10.9 Å². The number of aromatic nitrogens is 2. The first-order chi connectivity index (χ1) is 9.50. The minimum atomic E-state index is -0.0631. The minimum Gasteiger partial charge on any atom is -0.354 e. The summed E-state index contributed by atoms with van der Waals surface area (Å²) in [5.41, 5.74) is 0.643. The first kappa shape index (κ1) is 14.2. The first-order valence-electron chi connectivity index (χ1n) is 6.74. The van der Waals surface area contributed by atoms with Gasteiger partial charge >= 0.3 is 0 Å². The number of rotatable bonds is 4. The highest BCUT2D eigenvalue weighted by atomic mass is 16.2. The molecule has 1 heterocycles. The van der Waals surface area contributed by atoms with Crippen LogP contribution in [0.2, 0.25) is 0 Å². The summed E-state index contributed by atoms with van der Waals surface area (Å²) in [7, 11) is 0. The second-order valence-corrected chi connectivity index (χ2v) is 5.08. The van der Waals surface area contributed by atoms with Crippen LogP contribution in [0.5, 0.6) is 0 Å². The lowest BCUT2D eigenvalue weighted by Crippen LogP contribution is -2.34. The summed E-state index contributed by atoms with van der Waals surface area (Å²) in [4.78, 5) is 28.3. The normalized spacial score (nSPS) is 11.0. The van der Waals surface area contributed by atoms with Gasteiger partial charge in [0.25, 0.3) is 5.56 Å². The van der Waals surface area contributed by atoms with Gasteiger partial charge in [-0.05, 0) is 19.1 Å². The summed E-state index contributed by atoms with van der Waals surface area (Å²) >= 11 is 0. The van der Waals surface area contributed by atoms with Crippen LogP contribution in [0.4, 0.5) is 0 Å². The Kier molecular flexibility index (Phi) is 4.17. The van der Waals surface area contributed by atoms with E-state index in [1.807, 2.05) is 32.0 Å². The third kappa shape index (κ3) is 2.87. The number of amides is 1. The Hall–Kier alpha value is -2.17. The molecule has 1 aromatic heterocycles. The Morgan fingerprint density at radius 1 is 1.35 bits per heavy atom. The van der Waals surface area contributed by atoms with E-state index >= 15 is 0 Å². The minimum absolute atomic E-state index is 0.00977. The molecular formula is C15H19N3O2. The van der Waals surface area contributed by atoms with Crippen molar-refractivity contribution in [3.05, 3.63) is 40.4 Å². The lowest BCUT2D eigenvalue weighted by Gasteiger charge is -2.12. The predicted molar refractivity (Wildman–Crippen MR) is 78.6 cm³/mol. The van der Waals surface area contributed by atoms with E-state index in [-0.39, 0.29) is 17.4 Å². The van der Waals surface area contributed by atoms with Crippen LogP contribution in [0.25, 0.3) is 10.9 Å². The van der Waals surface area contributed by atoms with E-state index in [2.05, 4.69) is 10.3 Å². The van der Waals surface area contributed by atoms with Crippen molar-refractivity contribution < 1.29 is 4.79 Å². The van der Waals surface area contributed by atoms with E-state index in [0.717, 1.165) is 0 Å². The Morgan fingerprint density at radius 2 is 2.05 bits per heavy atom. The third-order valence-electron chi connectivity index (χ3n) is 3.21. The number of nitrogens with zero attached hydrogens (tertiary/aromatic N) is 2. The third-order valence-corrected chi connectivity index (χ3v) is 3.21. The molecule has 1 amide bonds. The Balaban J connectivity index is 2.22. The molecule has 0 unspecified atom stereocenters. The van der Waals surface area contributed by atoms with E-state index in [1.54, 1.807) is 17.6 Å². The van der Waals surface area contributed by atoms with Crippen LogP contribution in [-0.2, 0) is 11.3 Å². The molecule has 1 aromatic carbocycles. The Bertz CT molecular complexity index is 689. The molecule has 5 heteroatoms. The van der Waals surface area contributed by atoms with E-state index < -0.39 is 0 Å². The summed E-state index contributed by atoms with van der Waals surface area (Å²) < 4.78 is 1.60. The molecule has 20 heavy (non-hydrogen) atoms. The van der Waals surface area contributed by atoms with Gasteiger partial charge in [0, 0.05) is 19.0 Å². The van der Waals surface area contributed by atoms with Crippen LogP contribution in [-0.4, -0.2) is 22.0 Å². The largest absolute Gasteiger partial charge is 0.354 e. The molecule has 1 N–H and O–H groups in total. The highest BCUT2D eigenvalue weighted by molar-refractivity contribution is 5.78. The van der Waals surface area contributed by atoms with Crippen molar-refractivity contribution in [2.75, 3.05) is 6.54 Å². The fourth-order valence-electron chi connectivity index (χ4n) is 2.04. The molecule has 0 fully saturated rings. The van der Waals surface area contributed by atoms with Crippen LogP contribution in [0.15, 0.2) is 29.1 Å². The standard InChI is InChI=1S/C15H19N3O2/c1-10(2)14(19)16-8-9-18-11(3)17-13-7-5-4-6-12(13)15(18)20/h4-7,10H,8-9H2,1-3H3,(H,16,19). The van der Waals surface area contributed by atoms with E-state index in [9.17, 15) is 9.59 Å². The summed E-state index contributed by atoms with van der Waals surface area (Å²) in [6.07, 6.45) is 0. The van der Waals surface area contributed by atoms with Gasteiger partial charge in [-0.25, -0.2) is 4.98 Å². The molecule has 2 aromatic rings. The molecule has 0 aliphatic carbocycles. The molecule has 0 atom stereocenters. The summed E-state index contributed by atoms with van der Waals surface area (Å²) in [6, 6.07) is 7.29. The average molecular weight is 273 g/mol. The van der Waals surface area contributed by atoms with Crippen LogP contribution in [0.1, 0.15) is 19.7 Å². The number of fused-ring (bicyclic) bond motifs is 1. The monoisotopic (exact) mass is 273 g/mol. The van der Waals surface area contributed by atoms with Crippen molar-refractivity contribution in [1.82, 2.24) is 14.9 Å². The second-order valence-electron chi connectivity index (χ2n) is 5.08. The lowest BCUT2D eigenvalue weighted by molar-refractivity contribution is -0.124. The van der Waals surface area contributed by atoms with Gasteiger partial charge in [0.2, 0.25) is 5.91 Å². The van der Waals surface area contributed by atoms with Gasteiger partial charge in [-0.1, -0.05) is 26.0 Å². The molecule has 0 bridgehead atoms. The molecule has 106 valence electrons. The fraction of sp³-hybridized carbons (Fsp3) is 0.400. The van der Waals surface area contributed by atoms with Gasteiger partial charge in [-0.3, -0.25) is 14.2 Å². The molecule has 0 spiro atoms. The highest BCUT2D eigenvalue weighted by Crippen LogP contribution is 2.07. The lowest BCUT2D eigenvalue weighted by atomic mass is 10.2. The number of nitrogens with one attached hydrogen (secondary N) is 1. The van der Waals surface area contributed by atoms with Crippen LogP contribution >= 0.6 is 0 Å². The van der Waals surface area contributed by atoms with Gasteiger partial charge in [-0.15, -0.1) is 0 Å². The topological polar surface area (TPSA) is 64.0 Å². The Morgan fingerprint density at radius 3 is 2.75 bits per heavy atom. The fourth-order valence-corrected chi connectivity index (χ4v) is 2.04. The molecular weight excluding hydrogens is 254 g/mol. The smallest absolute Gasteiger partial charge is 0.261 e. The van der Waals surface area contributed by atoms with Crippen molar-refractivity contribution in [2.24, 2.45) is 5.92 Å². The van der Waals surface area contributed by atoms with E-state index in [0.29, 0.717) is 29.8 Å². The molecule has 0 radical (unpaired) electrons. The van der Waals surface area contributed by atoms with Gasteiger partial charge < -0.3 is 5.32 Å². The summed E-state index contributed by atoms with van der Waals surface area (Å²) in [5, 5.41) is 3.41. The average Bonchev–Trinajstić information content (AvgIpc) is 2.42. The molecule has 2 rings (SSSR count). The van der Waals surface area contributed by atoms with Crippen molar-refractivity contribution in [2.45, 2.75) is 27.3 Å². The van der Waals surface area contributed by atoms with E-state index in [1.165, 1.54) is 0 Å². The number of aryl methyl sites for hydroxylation is 1. The number of para-hydroxylation sites is 1. The highest BCUT2D eigenvalue weighted by Gasteiger charge is 2.09. The Labute approximate surface area is 117 Å². The zero-order chi connectivity index (χ0) is 14.7. The number of hydrogen-bond acceptors (Lipinski definition) is 3. The van der Waals surface area contributed by atoms with Crippen LogP contribution in [0, 0.1) is 12.8 Å². The van der Waals surface area contributed by atoms with Gasteiger partial charge in [0.15, 0.2) is 0 Å². The van der Waals surface area contributed by atoms with Crippen LogP contribution < -0.4 is 10.9 Å². The number of hydrogen-bond donors (Lipinski definition) is 1. The zero-order valence-electron chi connectivity index (χ0n) is 12.0. The second kappa shape index (κ2) is 5.86. The van der Waals surface area contributed by atoms with E-state index in [4.69, 9.17) is 0 Å². The maximum Gasteiger partial charge on any atom is 0.261 e. The van der Waals surface area contributed by atoms with Crippen molar-refractivity contribution >= 4 is 16.8 Å². The quantitative estimate of drug-likeness (QED) is 0.917. The van der Waals surface area contributed by atoms with Crippen molar-refractivity contribution in [1.29, 1.82) is 0 Å².